The highest BCUT2D eigenvalue weighted by Gasteiger charge is 2.27. The van der Waals surface area contributed by atoms with E-state index in [-0.39, 0.29) is 24.8 Å². The molecule has 2 fully saturated rings. The molecule has 0 radical (unpaired) electrons. The average Bonchev–Trinajstić information content (AvgIpc) is 2.47. The van der Waals surface area contributed by atoms with E-state index >= 15 is 0 Å². The van der Waals surface area contributed by atoms with Gasteiger partial charge < -0.3 is 14.8 Å². The number of carbonyl (C=O) groups is 1. The second-order valence-corrected chi connectivity index (χ2v) is 5.74. The standard InChI is InChI=1S/C15H27NO3/c1-2-12-5-3-4-6-14(12)19-15(17)11-18-13-7-9-16-10-8-13/h12-14,16H,2-11H2,1H3. The first-order chi connectivity index (χ1) is 9.29. The summed E-state index contributed by atoms with van der Waals surface area (Å²) in [6.45, 7) is 4.28. The highest BCUT2D eigenvalue weighted by Crippen LogP contribution is 2.29. The van der Waals surface area contributed by atoms with Crippen LogP contribution in [0.2, 0.25) is 0 Å². The zero-order chi connectivity index (χ0) is 13.5. The number of nitrogens with one attached hydrogen (secondary N) is 1. The van der Waals surface area contributed by atoms with Gasteiger partial charge in [0.15, 0.2) is 0 Å². The smallest absolute Gasteiger partial charge is 0.332 e. The second kappa shape index (κ2) is 7.85. The zero-order valence-corrected chi connectivity index (χ0v) is 12.0. The number of rotatable bonds is 5. The van der Waals surface area contributed by atoms with Crippen molar-refractivity contribution in [2.45, 2.75) is 64.1 Å². The fraction of sp³-hybridized carbons (Fsp3) is 0.933. The Balaban J connectivity index is 1.67. The van der Waals surface area contributed by atoms with Gasteiger partial charge in [0.25, 0.3) is 0 Å². The summed E-state index contributed by atoms with van der Waals surface area (Å²) in [6, 6.07) is 0. The van der Waals surface area contributed by atoms with Gasteiger partial charge in [-0.2, -0.15) is 0 Å². The van der Waals surface area contributed by atoms with E-state index in [1.807, 2.05) is 0 Å². The molecule has 1 N–H and O–H groups in total. The van der Waals surface area contributed by atoms with Crippen LogP contribution in [0.3, 0.4) is 0 Å². The maximum Gasteiger partial charge on any atom is 0.332 e. The van der Waals surface area contributed by atoms with Crippen molar-refractivity contribution < 1.29 is 14.3 Å². The Morgan fingerprint density at radius 3 is 2.63 bits per heavy atom. The molecule has 110 valence electrons. The van der Waals surface area contributed by atoms with Crippen LogP contribution in [0.25, 0.3) is 0 Å². The van der Waals surface area contributed by atoms with Crippen LogP contribution in [0.15, 0.2) is 0 Å². The molecule has 0 aromatic carbocycles. The fourth-order valence-corrected chi connectivity index (χ4v) is 3.15. The van der Waals surface area contributed by atoms with Gasteiger partial charge in [0, 0.05) is 0 Å². The summed E-state index contributed by atoms with van der Waals surface area (Å²) >= 11 is 0. The summed E-state index contributed by atoms with van der Waals surface area (Å²) in [7, 11) is 0. The molecule has 0 aromatic heterocycles. The van der Waals surface area contributed by atoms with Gasteiger partial charge in [0.05, 0.1) is 6.10 Å². The molecule has 1 aliphatic heterocycles. The van der Waals surface area contributed by atoms with E-state index in [0.29, 0.717) is 5.92 Å². The number of carbonyl (C=O) groups excluding carboxylic acids is 1. The molecule has 0 amide bonds. The van der Waals surface area contributed by atoms with Crippen molar-refractivity contribution >= 4 is 5.97 Å². The summed E-state index contributed by atoms with van der Waals surface area (Å²) in [5.74, 6) is 0.375. The van der Waals surface area contributed by atoms with Crippen LogP contribution in [-0.4, -0.2) is 37.9 Å². The maximum absolute atomic E-state index is 11.9. The van der Waals surface area contributed by atoms with E-state index in [9.17, 15) is 4.79 Å². The van der Waals surface area contributed by atoms with Crippen molar-refractivity contribution in [3.05, 3.63) is 0 Å². The van der Waals surface area contributed by atoms with E-state index in [2.05, 4.69) is 12.2 Å². The van der Waals surface area contributed by atoms with Crippen LogP contribution in [0, 0.1) is 5.92 Å². The predicted molar refractivity (Wildman–Crippen MR) is 74.0 cm³/mol. The third-order valence-electron chi connectivity index (χ3n) is 4.37. The van der Waals surface area contributed by atoms with Gasteiger partial charge in [0.2, 0.25) is 0 Å². The van der Waals surface area contributed by atoms with Crippen molar-refractivity contribution in [3.8, 4) is 0 Å². The summed E-state index contributed by atoms with van der Waals surface area (Å²) in [4.78, 5) is 11.9. The van der Waals surface area contributed by atoms with Crippen molar-refractivity contribution in [1.82, 2.24) is 5.32 Å². The van der Waals surface area contributed by atoms with E-state index < -0.39 is 0 Å². The molecule has 1 saturated carbocycles. The summed E-state index contributed by atoms with van der Waals surface area (Å²) in [5, 5.41) is 3.29. The molecule has 2 aliphatic rings. The minimum Gasteiger partial charge on any atom is -0.460 e. The number of hydrogen-bond acceptors (Lipinski definition) is 4. The van der Waals surface area contributed by atoms with Crippen molar-refractivity contribution in [1.29, 1.82) is 0 Å². The lowest BCUT2D eigenvalue weighted by Gasteiger charge is -2.30. The molecule has 1 aliphatic carbocycles. The van der Waals surface area contributed by atoms with Gasteiger partial charge in [0.1, 0.15) is 12.7 Å². The third kappa shape index (κ3) is 4.77. The van der Waals surface area contributed by atoms with E-state index in [4.69, 9.17) is 9.47 Å². The first-order valence-electron chi connectivity index (χ1n) is 7.81. The summed E-state index contributed by atoms with van der Waals surface area (Å²) in [6.07, 6.45) is 8.13. The van der Waals surface area contributed by atoms with Crippen molar-refractivity contribution in [2.75, 3.05) is 19.7 Å². The normalized spacial score (nSPS) is 29.1. The molecule has 0 spiro atoms. The van der Waals surface area contributed by atoms with Crippen LogP contribution < -0.4 is 5.32 Å². The monoisotopic (exact) mass is 269 g/mol. The lowest BCUT2D eigenvalue weighted by Crippen LogP contribution is -2.35. The Morgan fingerprint density at radius 2 is 1.89 bits per heavy atom. The second-order valence-electron chi connectivity index (χ2n) is 5.74. The minimum atomic E-state index is -0.177. The van der Waals surface area contributed by atoms with Gasteiger partial charge in [-0.25, -0.2) is 4.79 Å². The Hall–Kier alpha value is -0.610. The highest BCUT2D eigenvalue weighted by molar-refractivity contribution is 5.70. The molecule has 2 rings (SSSR count). The van der Waals surface area contributed by atoms with E-state index in [1.54, 1.807) is 0 Å². The van der Waals surface area contributed by atoms with Crippen LogP contribution in [0.5, 0.6) is 0 Å². The third-order valence-corrected chi connectivity index (χ3v) is 4.37. The number of hydrogen-bond donors (Lipinski definition) is 1. The Labute approximate surface area is 116 Å². The highest BCUT2D eigenvalue weighted by atomic mass is 16.6. The molecule has 2 atom stereocenters. The SMILES string of the molecule is CCC1CCCCC1OC(=O)COC1CCNCC1. The van der Waals surface area contributed by atoms with Crippen molar-refractivity contribution in [2.24, 2.45) is 5.92 Å². The van der Waals surface area contributed by atoms with Gasteiger partial charge in [-0.3, -0.25) is 0 Å². The molecule has 0 aromatic rings. The Morgan fingerprint density at radius 1 is 1.16 bits per heavy atom. The molecule has 0 bridgehead atoms. The van der Waals surface area contributed by atoms with Gasteiger partial charge >= 0.3 is 5.97 Å². The topological polar surface area (TPSA) is 47.6 Å². The number of piperidine rings is 1. The lowest BCUT2D eigenvalue weighted by molar-refractivity contribution is -0.161. The molecular formula is C15H27NO3. The molecule has 4 nitrogen and oxygen atoms in total. The van der Waals surface area contributed by atoms with E-state index in [1.165, 1.54) is 19.3 Å². The number of esters is 1. The zero-order valence-electron chi connectivity index (χ0n) is 12.0. The van der Waals surface area contributed by atoms with Crippen LogP contribution >= 0.6 is 0 Å². The molecule has 19 heavy (non-hydrogen) atoms. The molecular weight excluding hydrogens is 242 g/mol. The van der Waals surface area contributed by atoms with Crippen LogP contribution in [-0.2, 0) is 14.3 Å². The molecule has 1 heterocycles. The molecule has 2 unspecified atom stereocenters. The average molecular weight is 269 g/mol. The molecule has 1 saturated heterocycles. The summed E-state index contributed by atoms with van der Waals surface area (Å²) in [5.41, 5.74) is 0. The largest absolute Gasteiger partial charge is 0.460 e. The van der Waals surface area contributed by atoms with Gasteiger partial charge in [-0.15, -0.1) is 0 Å². The van der Waals surface area contributed by atoms with Crippen LogP contribution in [0.4, 0.5) is 0 Å². The predicted octanol–water partition coefficient (Wildman–Crippen LogP) is 2.27. The minimum absolute atomic E-state index is 0.123. The fourth-order valence-electron chi connectivity index (χ4n) is 3.15. The maximum atomic E-state index is 11.9. The first-order valence-corrected chi connectivity index (χ1v) is 7.81. The van der Waals surface area contributed by atoms with E-state index in [0.717, 1.165) is 38.8 Å². The quantitative estimate of drug-likeness (QED) is 0.778. The number of ether oxygens (including phenoxy) is 2. The summed E-state index contributed by atoms with van der Waals surface area (Å²) < 4.78 is 11.2. The van der Waals surface area contributed by atoms with Crippen molar-refractivity contribution in [3.63, 3.8) is 0 Å². The first kappa shape index (κ1) is 14.8. The molecule has 4 heteroatoms. The van der Waals surface area contributed by atoms with Gasteiger partial charge in [-0.05, 0) is 57.5 Å². The Bertz CT molecular complexity index is 277. The van der Waals surface area contributed by atoms with Crippen LogP contribution in [0.1, 0.15) is 51.9 Å². The lowest BCUT2D eigenvalue weighted by atomic mass is 9.85. The van der Waals surface area contributed by atoms with Gasteiger partial charge in [-0.1, -0.05) is 13.3 Å². The Kier molecular flexibility index (Phi) is 6.11.